The molecule has 1 heterocycles. The maximum Gasteiger partial charge on any atom is 0.195 e. The number of para-hydroxylation sites is 1. The fourth-order valence-electron chi connectivity index (χ4n) is 2.49. The minimum atomic E-state index is 0. The van der Waals surface area contributed by atoms with Gasteiger partial charge < -0.3 is 14.5 Å². The van der Waals surface area contributed by atoms with Gasteiger partial charge in [-0.3, -0.25) is 4.99 Å². The van der Waals surface area contributed by atoms with E-state index in [0.717, 1.165) is 37.6 Å². The quantitative estimate of drug-likeness (QED) is 0.442. The van der Waals surface area contributed by atoms with Crippen molar-refractivity contribution in [2.24, 2.45) is 4.99 Å². The first-order chi connectivity index (χ1) is 9.20. The zero-order valence-electron chi connectivity index (χ0n) is 12.5. The number of hydrogen-bond donors (Lipinski definition) is 0. The van der Waals surface area contributed by atoms with Crippen LogP contribution in [0.1, 0.15) is 12.8 Å². The third-order valence-electron chi connectivity index (χ3n) is 3.37. The van der Waals surface area contributed by atoms with E-state index in [-0.39, 0.29) is 24.0 Å². The molecule has 1 aliphatic rings. The molecule has 4 nitrogen and oxygen atoms in total. The van der Waals surface area contributed by atoms with Crippen molar-refractivity contribution in [2.75, 3.05) is 34.2 Å². The first-order valence-corrected chi connectivity index (χ1v) is 6.81. The molecule has 0 radical (unpaired) electrons. The molecule has 0 aliphatic carbocycles. The Bertz CT molecular complexity index is 414. The van der Waals surface area contributed by atoms with Gasteiger partial charge in [0.05, 0.1) is 0 Å². The summed E-state index contributed by atoms with van der Waals surface area (Å²) >= 11 is 0. The van der Waals surface area contributed by atoms with Crippen LogP contribution in [0.5, 0.6) is 5.75 Å². The normalized spacial score (nSPS) is 16.6. The summed E-state index contributed by atoms with van der Waals surface area (Å²) in [7, 11) is 5.92. The summed E-state index contributed by atoms with van der Waals surface area (Å²) in [6.45, 7) is 2.00. The maximum atomic E-state index is 6.00. The number of nitrogens with zero attached hydrogens (tertiary/aromatic N) is 3. The van der Waals surface area contributed by atoms with E-state index in [2.05, 4.69) is 14.8 Å². The van der Waals surface area contributed by atoms with Gasteiger partial charge in [0.2, 0.25) is 0 Å². The smallest absolute Gasteiger partial charge is 0.195 e. The van der Waals surface area contributed by atoms with Crippen molar-refractivity contribution >= 4 is 29.9 Å². The Hall–Kier alpha value is -0.980. The predicted octanol–water partition coefficient (Wildman–Crippen LogP) is 2.70. The third-order valence-corrected chi connectivity index (χ3v) is 3.37. The second kappa shape index (κ2) is 8.34. The molecule has 0 bridgehead atoms. The molecule has 0 N–H and O–H groups in total. The minimum Gasteiger partial charge on any atom is -0.490 e. The number of benzene rings is 1. The summed E-state index contributed by atoms with van der Waals surface area (Å²) in [4.78, 5) is 8.74. The highest BCUT2D eigenvalue weighted by Gasteiger charge is 2.23. The standard InChI is InChI=1S/C15H23N3O.HI/c1-16-15(17(2)3)18-11-9-14(10-12-18)19-13-7-5-4-6-8-13;/h4-8,14H,9-12H2,1-3H3;1H. The van der Waals surface area contributed by atoms with Crippen LogP contribution in [0.25, 0.3) is 0 Å². The highest BCUT2D eigenvalue weighted by Crippen LogP contribution is 2.19. The van der Waals surface area contributed by atoms with Crippen LogP contribution in [0.3, 0.4) is 0 Å². The van der Waals surface area contributed by atoms with Crippen LogP contribution in [0.4, 0.5) is 0 Å². The molecule has 0 spiro atoms. The molecular weight excluding hydrogens is 365 g/mol. The molecule has 0 amide bonds. The zero-order chi connectivity index (χ0) is 13.7. The van der Waals surface area contributed by atoms with Crippen molar-refractivity contribution in [3.63, 3.8) is 0 Å². The van der Waals surface area contributed by atoms with Crippen LogP contribution in [-0.4, -0.2) is 56.1 Å². The van der Waals surface area contributed by atoms with Gasteiger partial charge in [-0.2, -0.15) is 0 Å². The van der Waals surface area contributed by atoms with Crippen LogP contribution in [-0.2, 0) is 0 Å². The van der Waals surface area contributed by atoms with Crippen molar-refractivity contribution in [3.05, 3.63) is 30.3 Å². The SMILES string of the molecule is CN=C(N(C)C)N1CCC(Oc2ccccc2)CC1.I. The van der Waals surface area contributed by atoms with Gasteiger partial charge in [-0.15, -0.1) is 24.0 Å². The predicted molar refractivity (Wildman–Crippen MR) is 94.1 cm³/mol. The molecule has 20 heavy (non-hydrogen) atoms. The molecule has 1 aromatic carbocycles. The van der Waals surface area contributed by atoms with E-state index >= 15 is 0 Å². The molecule has 2 rings (SSSR count). The summed E-state index contributed by atoms with van der Waals surface area (Å²) in [6.07, 6.45) is 2.41. The fraction of sp³-hybridized carbons (Fsp3) is 0.533. The second-order valence-corrected chi connectivity index (χ2v) is 5.04. The lowest BCUT2D eigenvalue weighted by Crippen LogP contribution is -2.46. The molecule has 5 heteroatoms. The van der Waals surface area contributed by atoms with Crippen molar-refractivity contribution in [3.8, 4) is 5.75 Å². The molecule has 1 fully saturated rings. The Balaban J connectivity index is 0.00000200. The molecule has 112 valence electrons. The zero-order valence-corrected chi connectivity index (χ0v) is 14.8. The molecule has 0 unspecified atom stereocenters. The number of guanidine groups is 1. The number of likely N-dealkylation sites (tertiary alicyclic amines) is 1. The molecule has 0 saturated carbocycles. The Kier molecular flexibility index (Phi) is 7.12. The van der Waals surface area contributed by atoms with Crippen molar-refractivity contribution in [1.82, 2.24) is 9.80 Å². The number of ether oxygens (including phenoxy) is 1. The molecule has 0 atom stereocenters. The van der Waals surface area contributed by atoms with Gasteiger partial charge in [0.15, 0.2) is 5.96 Å². The van der Waals surface area contributed by atoms with Crippen LogP contribution in [0.2, 0.25) is 0 Å². The van der Waals surface area contributed by atoms with E-state index in [1.165, 1.54) is 0 Å². The lowest BCUT2D eigenvalue weighted by molar-refractivity contribution is 0.126. The van der Waals surface area contributed by atoms with Crippen molar-refractivity contribution < 1.29 is 4.74 Å². The van der Waals surface area contributed by atoms with Crippen LogP contribution < -0.4 is 4.74 Å². The Morgan fingerprint density at radius 1 is 1.20 bits per heavy atom. The van der Waals surface area contributed by atoms with Gasteiger partial charge in [-0.25, -0.2) is 0 Å². The summed E-state index contributed by atoms with van der Waals surface area (Å²) in [6, 6.07) is 10.1. The first-order valence-electron chi connectivity index (χ1n) is 6.81. The van der Waals surface area contributed by atoms with Gasteiger partial charge in [0, 0.05) is 47.1 Å². The number of rotatable bonds is 2. The van der Waals surface area contributed by atoms with Gasteiger partial charge in [-0.05, 0) is 12.1 Å². The average Bonchev–Trinajstić information content (AvgIpc) is 2.42. The maximum absolute atomic E-state index is 6.00. The summed E-state index contributed by atoms with van der Waals surface area (Å²) in [5.41, 5.74) is 0. The van der Waals surface area contributed by atoms with Gasteiger partial charge in [-0.1, -0.05) is 18.2 Å². The molecule has 1 aromatic rings. The highest BCUT2D eigenvalue weighted by molar-refractivity contribution is 14.0. The lowest BCUT2D eigenvalue weighted by Gasteiger charge is -2.36. The third kappa shape index (κ3) is 4.54. The van der Waals surface area contributed by atoms with Crippen molar-refractivity contribution in [1.29, 1.82) is 0 Å². The number of aliphatic imine (C=N–C) groups is 1. The largest absolute Gasteiger partial charge is 0.490 e. The number of hydrogen-bond acceptors (Lipinski definition) is 2. The van der Waals surface area contributed by atoms with Gasteiger partial charge >= 0.3 is 0 Å². The fourth-order valence-corrected chi connectivity index (χ4v) is 2.49. The van der Waals surface area contributed by atoms with Crippen LogP contribution in [0.15, 0.2) is 35.3 Å². The number of halogens is 1. The van der Waals surface area contributed by atoms with E-state index in [1.54, 1.807) is 0 Å². The van der Waals surface area contributed by atoms with E-state index in [1.807, 2.05) is 51.5 Å². The van der Waals surface area contributed by atoms with Crippen LogP contribution >= 0.6 is 24.0 Å². The molecular formula is C15H24IN3O. The van der Waals surface area contributed by atoms with E-state index in [0.29, 0.717) is 6.10 Å². The molecule has 0 aromatic heterocycles. The first kappa shape index (κ1) is 17.1. The van der Waals surface area contributed by atoms with E-state index in [9.17, 15) is 0 Å². The van der Waals surface area contributed by atoms with E-state index < -0.39 is 0 Å². The summed E-state index contributed by atoms with van der Waals surface area (Å²) in [5.74, 6) is 2.02. The molecule has 1 saturated heterocycles. The second-order valence-electron chi connectivity index (χ2n) is 5.04. The minimum absolute atomic E-state index is 0. The monoisotopic (exact) mass is 389 g/mol. The van der Waals surface area contributed by atoms with E-state index in [4.69, 9.17) is 4.74 Å². The summed E-state index contributed by atoms with van der Waals surface area (Å²) < 4.78 is 6.00. The van der Waals surface area contributed by atoms with Crippen LogP contribution in [0, 0.1) is 0 Å². The molecule has 1 aliphatic heterocycles. The highest BCUT2D eigenvalue weighted by atomic mass is 127. The topological polar surface area (TPSA) is 28.1 Å². The summed E-state index contributed by atoms with van der Waals surface area (Å²) in [5, 5.41) is 0. The van der Waals surface area contributed by atoms with Gasteiger partial charge in [0.1, 0.15) is 11.9 Å². The van der Waals surface area contributed by atoms with Crippen molar-refractivity contribution in [2.45, 2.75) is 18.9 Å². The lowest BCUT2D eigenvalue weighted by atomic mass is 10.1. The Morgan fingerprint density at radius 2 is 1.80 bits per heavy atom. The Labute approximate surface area is 138 Å². The van der Waals surface area contributed by atoms with Gasteiger partial charge in [0.25, 0.3) is 0 Å². The number of piperidine rings is 1. The average molecular weight is 389 g/mol. The Morgan fingerprint density at radius 3 is 2.30 bits per heavy atom.